The highest BCUT2D eigenvalue weighted by Crippen LogP contribution is 2.31. The van der Waals surface area contributed by atoms with Gasteiger partial charge in [0, 0.05) is 37.8 Å². The highest BCUT2D eigenvalue weighted by Gasteiger charge is 2.32. The predicted octanol–water partition coefficient (Wildman–Crippen LogP) is 1.60. The Balaban J connectivity index is 1.40. The first-order chi connectivity index (χ1) is 13.2. The van der Waals surface area contributed by atoms with E-state index in [1.54, 1.807) is 0 Å². The highest BCUT2D eigenvalue weighted by molar-refractivity contribution is 5.97. The SMILES string of the molecule is O=C(c1ccc2c(c1)[nH]c(=O)n2C1CCCC1)N1CCN2CCOCC2C1. The number of hydrogen-bond donors (Lipinski definition) is 1. The number of aromatic nitrogens is 2. The lowest BCUT2D eigenvalue weighted by molar-refractivity contribution is -0.0394. The summed E-state index contributed by atoms with van der Waals surface area (Å²) in [6.07, 6.45) is 4.47. The Hall–Kier alpha value is -2.12. The van der Waals surface area contributed by atoms with Gasteiger partial charge >= 0.3 is 5.69 Å². The molecule has 7 heteroatoms. The molecule has 3 aliphatic rings. The van der Waals surface area contributed by atoms with Crippen molar-refractivity contribution < 1.29 is 9.53 Å². The molecule has 0 spiro atoms. The minimum Gasteiger partial charge on any atom is -0.378 e. The number of ether oxygens (including phenoxy) is 1. The number of benzene rings is 1. The summed E-state index contributed by atoms with van der Waals surface area (Å²) >= 11 is 0. The third-order valence-electron chi connectivity index (χ3n) is 6.38. The van der Waals surface area contributed by atoms with E-state index in [0.717, 1.165) is 50.1 Å². The van der Waals surface area contributed by atoms with Gasteiger partial charge in [-0.15, -0.1) is 0 Å². The molecule has 1 aromatic heterocycles. The molecule has 3 fully saturated rings. The number of fused-ring (bicyclic) bond motifs is 2. The van der Waals surface area contributed by atoms with Crippen LogP contribution in [-0.4, -0.2) is 70.7 Å². The Bertz CT molecular complexity index is 912. The van der Waals surface area contributed by atoms with E-state index in [0.29, 0.717) is 24.8 Å². The zero-order valence-electron chi connectivity index (χ0n) is 15.5. The zero-order valence-corrected chi connectivity index (χ0v) is 15.5. The molecule has 1 amide bonds. The molecule has 1 saturated carbocycles. The van der Waals surface area contributed by atoms with Gasteiger partial charge in [-0.3, -0.25) is 14.3 Å². The fraction of sp³-hybridized carbons (Fsp3) is 0.600. The number of piperazine rings is 1. The molecule has 2 aromatic rings. The van der Waals surface area contributed by atoms with Crippen molar-refractivity contribution in [2.24, 2.45) is 0 Å². The van der Waals surface area contributed by atoms with Crippen molar-refractivity contribution in [2.75, 3.05) is 39.4 Å². The number of H-pyrrole nitrogens is 1. The number of aromatic amines is 1. The van der Waals surface area contributed by atoms with E-state index in [1.807, 2.05) is 27.7 Å². The van der Waals surface area contributed by atoms with Crippen LogP contribution in [0.2, 0.25) is 0 Å². The molecule has 0 bridgehead atoms. The molecular formula is C20H26N4O3. The van der Waals surface area contributed by atoms with Crippen LogP contribution in [0.25, 0.3) is 11.0 Å². The average molecular weight is 370 g/mol. The van der Waals surface area contributed by atoms with Crippen molar-refractivity contribution in [3.8, 4) is 0 Å². The maximum atomic E-state index is 13.0. The van der Waals surface area contributed by atoms with Gasteiger partial charge in [-0.25, -0.2) is 4.79 Å². The number of carbonyl (C=O) groups is 1. The third kappa shape index (κ3) is 2.99. The lowest BCUT2D eigenvalue weighted by atomic mass is 10.1. The van der Waals surface area contributed by atoms with Crippen LogP contribution in [0, 0.1) is 0 Å². The summed E-state index contributed by atoms with van der Waals surface area (Å²) in [5.41, 5.74) is 2.26. The van der Waals surface area contributed by atoms with E-state index in [-0.39, 0.29) is 17.6 Å². The summed E-state index contributed by atoms with van der Waals surface area (Å²) < 4.78 is 7.46. The van der Waals surface area contributed by atoms with Gasteiger partial charge in [0.25, 0.3) is 5.91 Å². The van der Waals surface area contributed by atoms with E-state index >= 15 is 0 Å². The molecule has 1 N–H and O–H groups in total. The van der Waals surface area contributed by atoms with E-state index in [2.05, 4.69) is 9.88 Å². The smallest absolute Gasteiger partial charge is 0.326 e. The minimum atomic E-state index is -0.0607. The Morgan fingerprint density at radius 3 is 2.81 bits per heavy atom. The first-order valence-corrected chi connectivity index (χ1v) is 10.1. The number of imidazole rings is 1. The molecule has 144 valence electrons. The lowest BCUT2D eigenvalue weighted by Gasteiger charge is -2.43. The summed E-state index contributed by atoms with van der Waals surface area (Å²) in [6, 6.07) is 6.22. The number of hydrogen-bond acceptors (Lipinski definition) is 4. The van der Waals surface area contributed by atoms with E-state index in [4.69, 9.17) is 4.74 Å². The number of amides is 1. The van der Waals surface area contributed by atoms with Crippen molar-refractivity contribution >= 4 is 16.9 Å². The molecule has 3 heterocycles. The van der Waals surface area contributed by atoms with E-state index in [9.17, 15) is 9.59 Å². The topological polar surface area (TPSA) is 70.6 Å². The number of nitrogens with zero attached hydrogens (tertiary/aromatic N) is 3. The van der Waals surface area contributed by atoms with Crippen LogP contribution >= 0.6 is 0 Å². The van der Waals surface area contributed by atoms with Crippen LogP contribution in [0.4, 0.5) is 0 Å². The molecule has 1 atom stereocenters. The molecule has 1 aliphatic carbocycles. The minimum absolute atomic E-state index is 0.0385. The molecule has 2 aliphatic heterocycles. The van der Waals surface area contributed by atoms with Crippen LogP contribution in [0.1, 0.15) is 42.1 Å². The highest BCUT2D eigenvalue weighted by atomic mass is 16.5. The Morgan fingerprint density at radius 2 is 1.96 bits per heavy atom. The molecule has 1 aromatic carbocycles. The molecular weight excluding hydrogens is 344 g/mol. The third-order valence-corrected chi connectivity index (χ3v) is 6.38. The molecule has 7 nitrogen and oxygen atoms in total. The molecule has 2 saturated heterocycles. The van der Waals surface area contributed by atoms with Gasteiger partial charge in [0.1, 0.15) is 0 Å². The normalized spacial score (nSPS) is 24.4. The Labute approximate surface area is 157 Å². The first kappa shape index (κ1) is 17.0. The van der Waals surface area contributed by atoms with E-state index < -0.39 is 0 Å². The number of rotatable bonds is 2. The molecule has 5 rings (SSSR count). The maximum Gasteiger partial charge on any atom is 0.326 e. The molecule has 27 heavy (non-hydrogen) atoms. The fourth-order valence-corrected chi connectivity index (χ4v) is 4.90. The Morgan fingerprint density at radius 1 is 1.11 bits per heavy atom. The quantitative estimate of drug-likeness (QED) is 0.872. The predicted molar refractivity (Wildman–Crippen MR) is 102 cm³/mol. The molecule has 1 unspecified atom stereocenters. The summed E-state index contributed by atoms with van der Waals surface area (Å²) in [5.74, 6) is 0.0385. The van der Waals surface area contributed by atoms with Crippen molar-refractivity contribution in [3.05, 3.63) is 34.2 Å². The van der Waals surface area contributed by atoms with Crippen molar-refractivity contribution in [2.45, 2.75) is 37.8 Å². The fourth-order valence-electron chi connectivity index (χ4n) is 4.90. The van der Waals surface area contributed by atoms with Crippen LogP contribution in [-0.2, 0) is 4.74 Å². The van der Waals surface area contributed by atoms with Crippen LogP contribution < -0.4 is 5.69 Å². The van der Waals surface area contributed by atoms with Gasteiger partial charge in [0.15, 0.2) is 0 Å². The standard InChI is InChI=1S/C20H26N4O3/c25-19(23-8-7-22-9-10-27-13-16(22)12-23)14-5-6-18-17(11-14)21-20(26)24(18)15-3-1-2-4-15/h5-6,11,15-16H,1-4,7-10,12-13H2,(H,21,26). The summed E-state index contributed by atoms with van der Waals surface area (Å²) in [6.45, 7) is 4.78. The largest absolute Gasteiger partial charge is 0.378 e. The molecule has 0 radical (unpaired) electrons. The average Bonchev–Trinajstić information content (AvgIpc) is 3.33. The van der Waals surface area contributed by atoms with Crippen molar-refractivity contribution in [1.82, 2.24) is 19.4 Å². The maximum absolute atomic E-state index is 13.0. The van der Waals surface area contributed by atoms with Gasteiger partial charge in [0.05, 0.1) is 30.3 Å². The van der Waals surface area contributed by atoms with Crippen LogP contribution in [0.5, 0.6) is 0 Å². The first-order valence-electron chi connectivity index (χ1n) is 10.1. The second-order valence-electron chi connectivity index (χ2n) is 7.99. The second-order valence-corrected chi connectivity index (χ2v) is 7.99. The van der Waals surface area contributed by atoms with Gasteiger partial charge in [-0.05, 0) is 31.0 Å². The van der Waals surface area contributed by atoms with Gasteiger partial charge in [0.2, 0.25) is 0 Å². The Kier molecular flexibility index (Phi) is 4.28. The van der Waals surface area contributed by atoms with Gasteiger partial charge in [-0.1, -0.05) is 12.8 Å². The monoisotopic (exact) mass is 370 g/mol. The zero-order chi connectivity index (χ0) is 18.4. The van der Waals surface area contributed by atoms with Gasteiger partial charge in [-0.2, -0.15) is 0 Å². The summed E-state index contributed by atoms with van der Waals surface area (Å²) in [5, 5.41) is 0. The van der Waals surface area contributed by atoms with Gasteiger partial charge < -0.3 is 14.6 Å². The van der Waals surface area contributed by atoms with Crippen LogP contribution in [0.15, 0.2) is 23.0 Å². The second kappa shape index (κ2) is 6.80. The number of nitrogens with one attached hydrogen (secondary N) is 1. The van der Waals surface area contributed by atoms with E-state index in [1.165, 1.54) is 12.8 Å². The van der Waals surface area contributed by atoms with Crippen LogP contribution in [0.3, 0.4) is 0 Å². The van der Waals surface area contributed by atoms with Crippen molar-refractivity contribution in [1.29, 1.82) is 0 Å². The van der Waals surface area contributed by atoms with Crippen molar-refractivity contribution in [3.63, 3.8) is 0 Å². The summed E-state index contributed by atoms with van der Waals surface area (Å²) in [4.78, 5) is 32.8. The number of carbonyl (C=O) groups excluding carboxylic acids is 1. The lowest BCUT2D eigenvalue weighted by Crippen LogP contribution is -2.59. The summed E-state index contributed by atoms with van der Waals surface area (Å²) in [7, 11) is 0. The number of morpholine rings is 1.